The van der Waals surface area contributed by atoms with Crippen LogP contribution in [-0.4, -0.2) is 33.8 Å². The first-order chi connectivity index (χ1) is 10.5. The summed E-state index contributed by atoms with van der Waals surface area (Å²) >= 11 is 8.27. The molecule has 0 aliphatic carbocycles. The number of carbonyl (C=O) groups excluding carboxylic acids is 1. The van der Waals surface area contributed by atoms with Crippen molar-refractivity contribution >= 4 is 57.1 Å². The minimum atomic E-state index is -0.604. The Morgan fingerprint density at radius 3 is 2.91 bits per heavy atom. The van der Waals surface area contributed by atoms with E-state index in [4.69, 9.17) is 11.6 Å². The molecular weight excluding hydrogens is 350 g/mol. The van der Waals surface area contributed by atoms with E-state index in [2.05, 4.69) is 20.8 Å². The molecule has 0 fully saturated rings. The van der Waals surface area contributed by atoms with Gasteiger partial charge >= 0.3 is 0 Å². The maximum absolute atomic E-state index is 11.8. The van der Waals surface area contributed by atoms with Crippen LogP contribution in [0.15, 0.2) is 22.5 Å². The summed E-state index contributed by atoms with van der Waals surface area (Å²) in [7, 11) is 1.73. The highest BCUT2D eigenvalue weighted by Gasteiger charge is 2.14. The van der Waals surface area contributed by atoms with Gasteiger partial charge in [-0.2, -0.15) is 0 Å². The second-order valence-corrected chi connectivity index (χ2v) is 6.49. The second kappa shape index (κ2) is 7.38. The number of anilines is 2. The predicted molar refractivity (Wildman–Crippen MR) is 86.9 cm³/mol. The fourth-order valence-corrected chi connectivity index (χ4v) is 3.12. The molecule has 0 atom stereocenters. The molecule has 11 heteroatoms. The molecule has 2 N–H and O–H groups in total. The zero-order valence-electron chi connectivity index (χ0n) is 11.2. The number of hydrogen-bond acceptors (Lipinski definition) is 8. The average Bonchev–Trinajstić information content (AvgIpc) is 2.95. The SMILES string of the molecule is CNc1nnc(SCC(=O)Nc2ccc(Cl)c([N+](=O)[O-])c2)s1. The molecule has 1 amide bonds. The van der Waals surface area contributed by atoms with Crippen molar-refractivity contribution in [2.75, 3.05) is 23.4 Å². The molecule has 2 aromatic rings. The van der Waals surface area contributed by atoms with Crippen molar-refractivity contribution in [3.63, 3.8) is 0 Å². The van der Waals surface area contributed by atoms with Crippen molar-refractivity contribution in [1.82, 2.24) is 10.2 Å². The molecule has 0 unspecified atom stereocenters. The van der Waals surface area contributed by atoms with Crippen molar-refractivity contribution in [1.29, 1.82) is 0 Å². The van der Waals surface area contributed by atoms with E-state index in [1.165, 1.54) is 41.3 Å². The number of nitrogens with one attached hydrogen (secondary N) is 2. The summed E-state index contributed by atoms with van der Waals surface area (Å²) in [4.78, 5) is 22.0. The third-order valence-electron chi connectivity index (χ3n) is 2.37. The molecule has 2 rings (SSSR count). The lowest BCUT2D eigenvalue weighted by Crippen LogP contribution is -2.14. The zero-order valence-corrected chi connectivity index (χ0v) is 13.6. The topological polar surface area (TPSA) is 110 Å². The van der Waals surface area contributed by atoms with Crippen LogP contribution in [0.4, 0.5) is 16.5 Å². The van der Waals surface area contributed by atoms with Gasteiger partial charge < -0.3 is 10.6 Å². The Morgan fingerprint density at radius 1 is 1.50 bits per heavy atom. The Labute approximate surface area is 138 Å². The van der Waals surface area contributed by atoms with Crippen LogP contribution in [0.5, 0.6) is 0 Å². The zero-order chi connectivity index (χ0) is 16.1. The number of nitrogens with zero attached hydrogens (tertiary/aromatic N) is 3. The number of aromatic nitrogens is 2. The molecule has 0 saturated carbocycles. The molecule has 0 bridgehead atoms. The van der Waals surface area contributed by atoms with Gasteiger partial charge in [0.05, 0.1) is 10.7 Å². The lowest BCUT2D eigenvalue weighted by Gasteiger charge is -2.04. The molecule has 22 heavy (non-hydrogen) atoms. The molecule has 0 aliphatic rings. The van der Waals surface area contributed by atoms with Crippen molar-refractivity contribution in [2.24, 2.45) is 0 Å². The Hall–Kier alpha value is -1.91. The smallest absolute Gasteiger partial charge is 0.289 e. The Kier molecular flexibility index (Phi) is 5.52. The van der Waals surface area contributed by atoms with E-state index in [9.17, 15) is 14.9 Å². The first-order valence-corrected chi connectivity index (χ1v) is 8.05. The lowest BCUT2D eigenvalue weighted by atomic mass is 10.3. The molecular formula is C11H10ClN5O3S2. The van der Waals surface area contributed by atoms with Gasteiger partial charge in [0.1, 0.15) is 5.02 Å². The van der Waals surface area contributed by atoms with Gasteiger partial charge in [0.25, 0.3) is 5.69 Å². The Morgan fingerprint density at radius 2 is 2.27 bits per heavy atom. The first-order valence-electron chi connectivity index (χ1n) is 5.87. The molecule has 0 aliphatic heterocycles. The van der Waals surface area contributed by atoms with E-state index >= 15 is 0 Å². The summed E-state index contributed by atoms with van der Waals surface area (Å²) < 4.78 is 0.654. The van der Waals surface area contributed by atoms with Gasteiger partial charge in [-0.15, -0.1) is 10.2 Å². The van der Waals surface area contributed by atoms with Gasteiger partial charge in [0.15, 0.2) is 4.34 Å². The van der Waals surface area contributed by atoms with Crippen molar-refractivity contribution in [2.45, 2.75) is 4.34 Å². The number of carbonyl (C=O) groups is 1. The maximum atomic E-state index is 11.8. The van der Waals surface area contributed by atoms with Crippen LogP contribution in [0.1, 0.15) is 0 Å². The van der Waals surface area contributed by atoms with Gasteiger partial charge in [-0.3, -0.25) is 14.9 Å². The second-order valence-electron chi connectivity index (χ2n) is 3.88. The highest BCUT2D eigenvalue weighted by Crippen LogP contribution is 2.28. The molecule has 1 heterocycles. The highest BCUT2D eigenvalue weighted by atomic mass is 35.5. The molecule has 8 nitrogen and oxygen atoms in total. The fraction of sp³-hybridized carbons (Fsp3) is 0.182. The number of halogens is 1. The number of hydrogen-bond donors (Lipinski definition) is 2. The van der Waals surface area contributed by atoms with Gasteiger partial charge in [-0.25, -0.2) is 0 Å². The number of nitro groups is 1. The number of nitro benzene ring substituents is 1. The van der Waals surface area contributed by atoms with E-state index < -0.39 is 4.92 Å². The minimum Gasteiger partial charge on any atom is -0.363 e. The monoisotopic (exact) mass is 359 g/mol. The van der Waals surface area contributed by atoms with Crippen molar-refractivity contribution in [3.8, 4) is 0 Å². The number of rotatable bonds is 6. The fourth-order valence-electron chi connectivity index (χ4n) is 1.42. The van der Waals surface area contributed by atoms with Crippen LogP contribution in [-0.2, 0) is 4.79 Å². The molecule has 1 aromatic carbocycles. The van der Waals surface area contributed by atoms with E-state index in [1.54, 1.807) is 7.05 Å². The quantitative estimate of drug-likeness (QED) is 0.463. The maximum Gasteiger partial charge on any atom is 0.289 e. The van der Waals surface area contributed by atoms with Crippen LogP contribution in [0.3, 0.4) is 0 Å². The Bertz CT molecular complexity index is 709. The van der Waals surface area contributed by atoms with E-state index in [0.717, 1.165) is 0 Å². The minimum absolute atomic E-state index is 0.0193. The normalized spacial score (nSPS) is 10.3. The molecule has 116 valence electrons. The largest absolute Gasteiger partial charge is 0.363 e. The number of benzene rings is 1. The summed E-state index contributed by atoms with van der Waals surface area (Å²) in [6.07, 6.45) is 0. The van der Waals surface area contributed by atoms with Crippen LogP contribution < -0.4 is 10.6 Å². The first kappa shape index (κ1) is 16.5. The summed E-state index contributed by atoms with van der Waals surface area (Å²) in [5.74, 6) is -0.183. The Balaban J connectivity index is 1.94. The van der Waals surface area contributed by atoms with E-state index in [-0.39, 0.29) is 22.4 Å². The molecule has 0 spiro atoms. The summed E-state index contributed by atoms with van der Waals surface area (Å²) in [5, 5.41) is 24.6. The molecule has 1 aromatic heterocycles. The van der Waals surface area contributed by atoms with Crippen molar-refractivity contribution in [3.05, 3.63) is 33.3 Å². The van der Waals surface area contributed by atoms with Crippen LogP contribution in [0.25, 0.3) is 0 Å². The van der Waals surface area contributed by atoms with Crippen LogP contribution >= 0.6 is 34.7 Å². The number of amides is 1. The summed E-state index contributed by atoms with van der Waals surface area (Å²) in [6.45, 7) is 0. The standard InChI is InChI=1S/C11H10ClN5O3S2/c1-13-10-15-16-11(22-10)21-5-9(18)14-6-2-3-7(12)8(4-6)17(19)20/h2-4H,5H2,1H3,(H,13,15)(H,14,18). The third-order valence-corrected chi connectivity index (χ3v) is 4.77. The average molecular weight is 360 g/mol. The predicted octanol–water partition coefficient (Wildman–Crippen LogP) is 2.87. The van der Waals surface area contributed by atoms with Gasteiger partial charge in [-0.05, 0) is 12.1 Å². The van der Waals surface area contributed by atoms with E-state index in [1.807, 2.05) is 0 Å². The summed E-state index contributed by atoms with van der Waals surface area (Å²) in [6, 6.07) is 4.09. The van der Waals surface area contributed by atoms with E-state index in [0.29, 0.717) is 15.2 Å². The van der Waals surface area contributed by atoms with Gasteiger partial charge in [-0.1, -0.05) is 34.7 Å². The van der Waals surface area contributed by atoms with Crippen LogP contribution in [0, 0.1) is 10.1 Å². The number of thioether (sulfide) groups is 1. The third kappa shape index (κ3) is 4.29. The lowest BCUT2D eigenvalue weighted by molar-refractivity contribution is -0.384. The van der Waals surface area contributed by atoms with Gasteiger partial charge in [0, 0.05) is 18.8 Å². The highest BCUT2D eigenvalue weighted by molar-refractivity contribution is 8.01. The van der Waals surface area contributed by atoms with Crippen molar-refractivity contribution < 1.29 is 9.72 Å². The molecule has 0 saturated heterocycles. The van der Waals surface area contributed by atoms with Gasteiger partial charge in [0.2, 0.25) is 11.0 Å². The molecule has 0 radical (unpaired) electrons. The van der Waals surface area contributed by atoms with Crippen LogP contribution in [0.2, 0.25) is 5.02 Å². The summed E-state index contributed by atoms with van der Waals surface area (Å²) in [5.41, 5.74) is 0.0600.